The van der Waals surface area contributed by atoms with Gasteiger partial charge in [0, 0.05) is 26.1 Å². The summed E-state index contributed by atoms with van der Waals surface area (Å²) in [5.74, 6) is 0.602. The van der Waals surface area contributed by atoms with E-state index in [0.717, 1.165) is 44.1 Å². The van der Waals surface area contributed by atoms with Crippen molar-refractivity contribution >= 4 is 15.9 Å². The minimum absolute atomic E-state index is 0.0160. The van der Waals surface area contributed by atoms with Gasteiger partial charge in [0.25, 0.3) is 0 Å². The van der Waals surface area contributed by atoms with E-state index < -0.39 is 10.0 Å². The van der Waals surface area contributed by atoms with E-state index in [0.29, 0.717) is 38.2 Å². The lowest BCUT2D eigenvalue weighted by atomic mass is 9.97. The Balaban J connectivity index is 1.58. The predicted molar refractivity (Wildman–Crippen MR) is 118 cm³/mol. The predicted octanol–water partition coefficient (Wildman–Crippen LogP) is 3.81. The van der Waals surface area contributed by atoms with Crippen LogP contribution in [0.4, 0.5) is 0 Å². The molecule has 0 unspecified atom stereocenters. The van der Waals surface area contributed by atoms with Crippen molar-refractivity contribution in [2.75, 3.05) is 26.7 Å². The zero-order chi connectivity index (χ0) is 21.4. The number of sulfonamides is 1. The second-order valence-electron chi connectivity index (χ2n) is 8.15. The molecule has 2 aliphatic rings. The molecule has 1 saturated heterocycles. The van der Waals surface area contributed by atoms with Crippen LogP contribution in [0.15, 0.2) is 34.7 Å². The quantitative estimate of drug-likeness (QED) is 0.600. The first kappa shape index (κ1) is 22.8. The molecule has 1 aliphatic heterocycles. The number of nitrogens with one attached hydrogen (secondary N) is 1. The first-order valence-electron chi connectivity index (χ1n) is 11.1. The van der Waals surface area contributed by atoms with Crippen molar-refractivity contribution in [2.45, 2.75) is 69.1 Å². The van der Waals surface area contributed by atoms with Crippen LogP contribution in [0.1, 0.15) is 63.4 Å². The zero-order valence-corrected chi connectivity index (χ0v) is 18.8. The average molecular weight is 435 g/mol. The Morgan fingerprint density at radius 2 is 1.90 bits per heavy atom. The van der Waals surface area contributed by atoms with Crippen LogP contribution in [0.5, 0.6) is 5.75 Å². The number of hydrogen-bond acceptors (Lipinski definition) is 4. The minimum atomic E-state index is -3.50. The molecule has 1 N–H and O–H groups in total. The van der Waals surface area contributed by atoms with Crippen molar-refractivity contribution in [1.82, 2.24) is 9.62 Å². The molecule has 0 atom stereocenters. The number of carbonyl (C=O) groups excluding carboxylic acids is 1. The van der Waals surface area contributed by atoms with E-state index in [1.165, 1.54) is 18.4 Å². The maximum absolute atomic E-state index is 13.0. The number of allylic oxidation sites excluding steroid dienone is 1. The maximum atomic E-state index is 13.0. The van der Waals surface area contributed by atoms with E-state index in [1.807, 2.05) is 0 Å². The van der Waals surface area contributed by atoms with Crippen LogP contribution < -0.4 is 10.1 Å². The van der Waals surface area contributed by atoms with Crippen LogP contribution in [-0.2, 0) is 21.2 Å². The minimum Gasteiger partial charge on any atom is -0.496 e. The van der Waals surface area contributed by atoms with E-state index in [2.05, 4.69) is 11.4 Å². The van der Waals surface area contributed by atoms with Gasteiger partial charge in [-0.25, -0.2) is 8.42 Å². The van der Waals surface area contributed by atoms with Gasteiger partial charge < -0.3 is 10.1 Å². The largest absolute Gasteiger partial charge is 0.496 e. The lowest BCUT2D eigenvalue weighted by Crippen LogP contribution is -2.35. The Morgan fingerprint density at radius 3 is 2.60 bits per heavy atom. The first-order valence-corrected chi connectivity index (χ1v) is 12.6. The lowest BCUT2D eigenvalue weighted by molar-refractivity contribution is -0.121. The van der Waals surface area contributed by atoms with Crippen LogP contribution in [0.3, 0.4) is 0 Å². The van der Waals surface area contributed by atoms with Gasteiger partial charge in [-0.1, -0.05) is 18.1 Å². The summed E-state index contributed by atoms with van der Waals surface area (Å²) in [6.07, 6.45) is 11.7. The smallest absolute Gasteiger partial charge is 0.243 e. The van der Waals surface area contributed by atoms with Gasteiger partial charge in [0.2, 0.25) is 15.9 Å². The summed E-state index contributed by atoms with van der Waals surface area (Å²) in [5.41, 5.74) is 2.19. The Bertz CT molecular complexity index is 858. The van der Waals surface area contributed by atoms with Gasteiger partial charge in [0.1, 0.15) is 5.75 Å². The summed E-state index contributed by atoms with van der Waals surface area (Å²) in [6.45, 7) is 1.80. The van der Waals surface area contributed by atoms with E-state index in [4.69, 9.17) is 4.74 Å². The molecular formula is C23H34N2O4S. The SMILES string of the molecule is COc1ccc(S(=O)(=O)N2CCCCC2)cc1CCC(=O)NCCC1=CCCCC1. The second-order valence-corrected chi connectivity index (χ2v) is 10.1. The standard InChI is InChI=1S/C23H34N2O4S/c1-29-22-12-11-21(30(27,28)25-16-6-3-7-17-25)18-20(22)10-13-23(26)24-15-14-19-8-4-2-5-9-19/h8,11-12,18H,2-7,9-10,13-17H2,1H3,(H,24,26). The van der Waals surface area contributed by atoms with E-state index in [1.54, 1.807) is 29.6 Å². The molecule has 1 fully saturated rings. The molecule has 30 heavy (non-hydrogen) atoms. The molecule has 3 rings (SSSR count). The molecule has 0 spiro atoms. The summed E-state index contributed by atoms with van der Waals surface area (Å²) in [4.78, 5) is 12.6. The van der Waals surface area contributed by atoms with Gasteiger partial charge in [0.15, 0.2) is 0 Å². The van der Waals surface area contributed by atoms with Crippen molar-refractivity contribution in [3.05, 3.63) is 35.4 Å². The summed E-state index contributed by atoms with van der Waals surface area (Å²) < 4.78 is 32.9. The second kappa shape index (κ2) is 11.0. The van der Waals surface area contributed by atoms with Crippen LogP contribution >= 0.6 is 0 Å². The highest BCUT2D eigenvalue weighted by Gasteiger charge is 2.26. The third-order valence-corrected chi connectivity index (χ3v) is 7.87. The topological polar surface area (TPSA) is 75.7 Å². The molecule has 6 nitrogen and oxygen atoms in total. The van der Waals surface area contributed by atoms with Crippen molar-refractivity contribution in [3.63, 3.8) is 0 Å². The van der Waals surface area contributed by atoms with E-state index in [9.17, 15) is 13.2 Å². The highest BCUT2D eigenvalue weighted by molar-refractivity contribution is 7.89. The van der Waals surface area contributed by atoms with Gasteiger partial charge >= 0.3 is 0 Å². The van der Waals surface area contributed by atoms with Crippen LogP contribution in [0.25, 0.3) is 0 Å². The number of methoxy groups -OCH3 is 1. The van der Waals surface area contributed by atoms with Gasteiger partial charge in [-0.3, -0.25) is 4.79 Å². The van der Waals surface area contributed by atoms with Gasteiger partial charge in [0.05, 0.1) is 12.0 Å². The van der Waals surface area contributed by atoms with Crippen molar-refractivity contribution in [1.29, 1.82) is 0 Å². The summed E-state index contributed by atoms with van der Waals surface area (Å²) >= 11 is 0. The molecule has 1 aromatic carbocycles. The summed E-state index contributed by atoms with van der Waals surface area (Å²) in [6, 6.07) is 4.97. The number of amides is 1. The molecule has 1 aliphatic carbocycles. The Labute approximate surface area is 180 Å². The molecule has 0 aromatic heterocycles. The Kier molecular flexibility index (Phi) is 8.33. The highest BCUT2D eigenvalue weighted by atomic mass is 32.2. The number of ether oxygens (including phenoxy) is 1. The normalized spacial score (nSPS) is 18.0. The molecule has 1 aromatic rings. The maximum Gasteiger partial charge on any atom is 0.243 e. The number of aryl methyl sites for hydroxylation is 1. The molecule has 0 radical (unpaired) electrons. The molecule has 0 saturated carbocycles. The average Bonchev–Trinajstić information content (AvgIpc) is 2.78. The fourth-order valence-electron chi connectivity index (χ4n) is 4.20. The number of piperidine rings is 1. The molecule has 1 heterocycles. The molecule has 166 valence electrons. The highest BCUT2D eigenvalue weighted by Crippen LogP contribution is 2.27. The van der Waals surface area contributed by atoms with Crippen molar-refractivity contribution in [3.8, 4) is 5.75 Å². The van der Waals surface area contributed by atoms with Crippen LogP contribution in [-0.4, -0.2) is 45.4 Å². The fourth-order valence-corrected chi connectivity index (χ4v) is 5.76. The van der Waals surface area contributed by atoms with Crippen LogP contribution in [0, 0.1) is 0 Å². The lowest BCUT2D eigenvalue weighted by Gasteiger charge is -2.26. The number of hydrogen-bond donors (Lipinski definition) is 1. The summed E-state index contributed by atoms with van der Waals surface area (Å²) in [5, 5.41) is 2.99. The Morgan fingerprint density at radius 1 is 1.10 bits per heavy atom. The third-order valence-electron chi connectivity index (χ3n) is 5.98. The van der Waals surface area contributed by atoms with Crippen molar-refractivity contribution in [2.24, 2.45) is 0 Å². The fraction of sp³-hybridized carbons (Fsp3) is 0.609. The number of rotatable bonds is 9. The third kappa shape index (κ3) is 6.08. The number of carbonyl (C=O) groups is 1. The van der Waals surface area contributed by atoms with Gasteiger partial charge in [-0.15, -0.1) is 0 Å². The van der Waals surface area contributed by atoms with Gasteiger partial charge in [-0.05, 0) is 75.1 Å². The van der Waals surface area contributed by atoms with Gasteiger partial charge in [-0.2, -0.15) is 4.31 Å². The summed E-state index contributed by atoms with van der Waals surface area (Å²) in [7, 11) is -1.94. The number of benzene rings is 1. The first-order chi connectivity index (χ1) is 14.5. The number of nitrogens with zero attached hydrogens (tertiary/aromatic N) is 1. The monoisotopic (exact) mass is 434 g/mol. The Hall–Kier alpha value is -1.86. The van der Waals surface area contributed by atoms with E-state index in [-0.39, 0.29) is 10.8 Å². The molecular weight excluding hydrogens is 400 g/mol. The zero-order valence-electron chi connectivity index (χ0n) is 18.0. The van der Waals surface area contributed by atoms with E-state index >= 15 is 0 Å². The molecule has 0 bridgehead atoms. The van der Waals surface area contributed by atoms with Crippen LogP contribution in [0.2, 0.25) is 0 Å². The van der Waals surface area contributed by atoms with Crippen molar-refractivity contribution < 1.29 is 17.9 Å². The molecule has 7 heteroatoms. The molecule has 1 amide bonds.